The molecular formula is C20H14N2O. The molecular weight excluding hydrogens is 284 g/mol. The second-order valence-corrected chi connectivity index (χ2v) is 5.49. The average Bonchev–Trinajstić information content (AvgIpc) is 2.59. The van der Waals surface area contributed by atoms with Crippen molar-refractivity contribution < 1.29 is 4.79 Å². The van der Waals surface area contributed by atoms with Gasteiger partial charge < -0.3 is 5.73 Å². The molecule has 0 atom stereocenters. The number of aromatic nitrogens is 1. The van der Waals surface area contributed by atoms with Gasteiger partial charge in [0, 0.05) is 16.3 Å². The number of carbonyl (C=O) groups excluding carboxylic acids is 1. The minimum absolute atomic E-state index is 0.415. The molecule has 110 valence electrons. The number of carbonyl (C=O) groups is 1. The van der Waals surface area contributed by atoms with Crippen molar-refractivity contribution in [2.75, 3.05) is 0 Å². The molecule has 0 aliphatic heterocycles. The van der Waals surface area contributed by atoms with Crippen LogP contribution in [-0.2, 0) is 0 Å². The van der Waals surface area contributed by atoms with E-state index in [9.17, 15) is 4.79 Å². The molecule has 1 heterocycles. The van der Waals surface area contributed by atoms with Crippen molar-refractivity contribution >= 4 is 27.7 Å². The predicted octanol–water partition coefficient (Wildman–Crippen LogP) is 4.15. The number of rotatable bonds is 2. The van der Waals surface area contributed by atoms with Gasteiger partial charge in [-0.05, 0) is 41.5 Å². The van der Waals surface area contributed by atoms with E-state index in [0.29, 0.717) is 5.56 Å². The molecule has 0 radical (unpaired) electrons. The fourth-order valence-corrected chi connectivity index (χ4v) is 2.86. The summed E-state index contributed by atoms with van der Waals surface area (Å²) in [6, 6.07) is 23.7. The number of hydrogen-bond donors (Lipinski definition) is 1. The Morgan fingerprint density at radius 3 is 2.35 bits per heavy atom. The summed E-state index contributed by atoms with van der Waals surface area (Å²) < 4.78 is 0. The standard InChI is InChI=1S/C20H14N2O/c21-20(23)14-10-8-13(9-11-14)16-5-3-7-19-17(16)12-15-4-1-2-6-18(15)22-19/h1-12H,(H2,21,23). The topological polar surface area (TPSA) is 56.0 Å². The second-order valence-electron chi connectivity index (χ2n) is 5.49. The average molecular weight is 298 g/mol. The van der Waals surface area contributed by atoms with Crippen LogP contribution in [0.3, 0.4) is 0 Å². The van der Waals surface area contributed by atoms with E-state index in [1.165, 1.54) is 0 Å². The maximum Gasteiger partial charge on any atom is 0.248 e. The van der Waals surface area contributed by atoms with E-state index < -0.39 is 5.91 Å². The molecule has 1 amide bonds. The molecule has 1 aromatic heterocycles. The third kappa shape index (κ3) is 2.32. The fraction of sp³-hybridized carbons (Fsp3) is 0. The first kappa shape index (κ1) is 13.5. The highest BCUT2D eigenvalue weighted by atomic mass is 16.1. The van der Waals surface area contributed by atoms with Gasteiger partial charge in [0.15, 0.2) is 0 Å². The third-order valence-electron chi connectivity index (χ3n) is 4.04. The summed E-state index contributed by atoms with van der Waals surface area (Å²) in [6.45, 7) is 0. The summed E-state index contributed by atoms with van der Waals surface area (Å²) in [5.41, 5.74) is 9.90. The molecule has 0 fully saturated rings. The number of amides is 1. The van der Waals surface area contributed by atoms with E-state index in [0.717, 1.165) is 32.9 Å². The Hall–Kier alpha value is -3.20. The van der Waals surface area contributed by atoms with E-state index in [2.05, 4.69) is 18.2 Å². The first-order chi connectivity index (χ1) is 11.2. The SMILES string of the molecule is NC(=O)c1ccc(-c2cccc3nc4ccccc4cc23)cc1. The van der Waals surface area contributed by atoms with Crippen LogP contribution in [0, 0.1) is 0 Å². The van der Waals surface area contributed by atoms with Gasteiger partial charge in [-0.25, -0.2) is 4.98 Å². The van der Waals surface area contributed by atoms with Crippen molar-refractivity contribution in [3.8, 4) is 11.1 Å². The molecule has 4 aromatic rings. The minimum atomic E-state index is -0.415. The highest BCUT2D eigenvalue weighted by molar-refractivity contribution is 6.01. The quantitative estimate of drug-likeness (QED) is 0.565. The monoisotopic (exact) mass is 298 g/mol. The van der Waals surface area contributed by atoms with Gasteiger partial charge in [0.2, 0.25) is 5.91 Å². The van der Waals surface area contributed by atoms with Gasteiger partial charge in [-0.1, -0.05) is 42.5 Å². The molecule has 4 rings (SSSR count). The number of fused-ring (bicyclic) bond motifs is 2. The van der Waals surface area contributed by atoms with Crippen molar-refractivity contribution in [1.29, 1.82) is 0 Å². The lowest BCUT2D eigenvalue weighted by molar-refractivity contribution is 0.100. The van der Waals surface area contributed by atoms with Crippen LogP contribution in [0.15, 0.2) is 72.8 Å². The number of hydrogen-bond acceptors (Lipinski definition) is 2. The predicted molar refractivity (Wildman–Crippen MR) is 93.2 cm³/mol. The Balaban J connectivity index is 1.95. The summed E-state index contributed by atoms with van der Waals surface area (Å²) in [4.78, 5) is 16.0. The van der Waals surface area contributed by atoms with E-state index in [1.54, 1.807) is 12.1 Å². The summed E-state index contributed by atoms with van der Waals surface area (Å²) >= 11 is 0. The molecule has 0 unspecified atom stereocenters. The van der Waals surface area contributed by atoms with Gasteiger partial charge in [0.25, 0.3) is 0 Å². The molecule has 3 aromatic carbocycles. The minimum Gasteiger partial charge on any atom is -0.366 e. The van der Waals surface area contributed by atoms with Crippen molar-refractivity contribution in [3.05, 3.63) is 78.4 Å². The van der Waals surface area contributed by atoms with Gasteiger partial charge in [0.1, 0.15) is 0 Å². The molecule has 2 N–H and O–H groups in total. The zero-order chi connectivity index (χ0) is 15.8. The van der Waals surface area contributed by atoms with Crippen LogP contribution in [0.4, 0.5) is 0 Å². The molecule has 23 heavy (non-hydrogen) atoms. The molecule has 0 spiro atoms. The van der Waals surface area contributed by atoms with Gasteiger partial charge >= 0.3 is 0 Å². The van der Waals surface area contributed by atoms with Crippen LogP contribution in [0.2, 0.25) is 0 Å². The number of pyridine rings is 1. The van der Waals surface area contributed by atoms with Gasteiger partial charge in [-0.3, -0.25) is 4.79 Å². The van der Waals surface area contributed by atoms with Crippen LogP contribution in [0.5, 0.6) is 0 Å². The van der Waals surface area contributed by atoms with Gasteiger partial charge in [0.05, 0.1) is 11.0 Å². The molecule has 3 nitrogen and oxygen atoms in total. The number of nitrogens with zero attached hydrogens (tertiary/aromatic N) is 1. The number of nitrogens with two attached hydrogens (primary N) is 1. The summed E-state index contributed by atoms with van der Waals surface area (Å²) in [5.74, 6) is -0.415. The normalized spacial score (nSPS) is 11.0. The Morgan fingerprint density at radius 1 is 0.826 bits per heavy atom. The zero-order valence-electron chi connectivity index (χ0n) is 12.4. The van der Waals surface area contributed by atoms with Crippen molar-refractivity contribution in [3.63, 3.8) is 0 Å². The molecule has 0 aliphatic rings. The Labute approximate surface area is 133 Å². The van der Waals surface area contributed by atoms with Crippen LogP contribution in [-0.4, -0.2) is 10.9 Å². The van der Waals surface area contributed by atoms with Crippen LogP contribution in [0.1, 0.15) is 10.4 Å². The highest BCUT2D eigenvalue weighted by Gasteiger charge is 2.07. The molecule has 0 aliphatic carbocycles. The molecule has 3 heteroatoms. The lowest BCUT2D eigenvalue weighted by Gasteiger charge is -2.08. The largest absolute Gasteiger partial charge is 0.366 e. The summed E-state index contributed by atoms with van der Waals surface area (Å²) in [5, 5.41) is 2.21. The number of primary amides is 1. The highest BCUT2D eigenvalue weighted by Crippen LogP contribution is 2.30. The summed E-state index contributed by atoms with van der Waals surface area (Å²) in [7, 11) is 0. The van der Waals surface area contributed by atoms with Crippen LogP contribution >= 0.6 is 0 Å². The fourth-order valence-electron chi connectivity index (χ4n) is 2.86. The Bertz CT molecular complexity index is 1040. The van der Waals surface area contributed by atoms with Crippen LogP contribution < -0.4 is 5.73 Å². The lowest BCUT2D eigenvalue weighted by Crippen LogP contribution is -2.10. The second kappa shape index (κ2) is 5.21. The van der Waals surface area contributed by atoms with Gasteiger partial charge in [-0.15, -0.1) is 0 Å². The van der Waals surface area contributed by atoms with Crippen molar-refractivity contribution in [1.82, 2.24) is 4.98 Å². The third-order valence-corrected chi connectivity index (χ3v) is 4.04. The smallest absolute Gasteiger partial charge is 0.248 e. The van der Waals surface area contributed by atoms with E-state index in [-0.39, 0.29) is 0 Å². The Kier molecular flexibility index (Phi) is 3.05. The van der Waals surface area contributed by atoms with E-state index in [4.69, 9.17) is 10.7 Å². The maximum absolute atomic E-state index is 11.2. The first-order valence-corrected chi connectivity index (χ1v) is 7.41. The van der Waals surface area contributed by atoms with Crippen molar-refractivity contribution in [2.24, 2.45) is 5.73 Å². The van der Waals surface area contributed by atoms with E-state index >= 15 is 0 Å². The van der Waals surface area contributed by atoms with Gasteiger partial charge in [-0.2, -0.15) is 0 Å². The maximum atomic E-state index is 11.2. The summed E-state index contributed by atoms with van der Waals surface area (Å²) in [6.07, 6.45) is 0. The first-order valence-electron chi connectivity index (χ1n) is 7.41. The molecule has 0 saturated heterocycles. The number of para-hydroxylation sites is 1. The molecule has 0 saturated carbocycles. The molecule has 0 bridgehead atoms. The Morgan fingerprint density at radius 2 is 1.57 bits per heavy atom. The lowest BCUT2D eigenvalue weighted by atomic mass is 9.98. The van der Waals surface area contributed by atoms with Crippen LogP contribution in [0.25, 0.3) is 32.9 Å². The number of benzene rings is 3. The van der Waals surface area contributed by atoms with E-state index in [1.807, 2.05) is 42.5 Å². The van der Waals surface area contributed by atoms with Crippen molar-refractivity contribution in [2.45, 2.75) is 0 Å². The zero-order valence-corrected chi connectivity index (χ0v) is 12.4.